The van der Waals surface area contributed by atoms with Crippen molar-refractivity contribution in [2.45, 2.75) is 56.5 Å². The summed E-state index contributed by atoms with van der Waals surface area (Å²) in [5.41, 5.74) is 5.38. The van der Waals surface area contributed by atoms with Crippen LogP contribution in [0.3, 0.4) is 0 Å². The van der Waals surface area contributed by atoms with Gasteiger partial charge < -0.3 is 20.1 Å². The van der Waals surface area contributed by atoms with E-state index in [-0.39, 0.29) is 73.3 Å². The van der Waals surface area contributed by atoms with Crippen LogP contribution in [0.2, 0.25) is 0 Å². The number of hydrogen-bond acceptors (Lipinski definition) is 10. The van der Waals surface area contributed by atoms with Crippen molar-refractivity contribution in [3.05, 3.63) is 48.2 Å². The first-order valence-corrected chi connectivity index (χ1v) is 15.8. The highest BCUT2D eigenvalue weighted by Gasteiger charge is 2.49. The van der Waals surface area contributed by atoms with Crippen LogP contribution >= 0.6 is 11.3 Å². The van der Waals surface area contributed by atoms with Crippen LogP contribution in [0.25, 0.3) is 32.2 Å². The van der Waals surface area contributed by atoms with Gasteiger partial charge in [-0.3, -0.25) is 14.7 Å². The normalized spacial score (nSPS) is 24.4. The summed E-state index contributed by atoms with van der Waals surface area (Å²) in [4.78, 5) is 29.4. The summed E-state index contributed by atoms with van der Waals surface area (Å²) in [5.74, 6) is -1.67. The van der Waals surface area contributed by atoms with Crippen molar-refractivity contribution in [2.24, 2.45) is 0 Å². The molecule has 3 saturated heterocycles. The van der Waals surface area contributed by atoms with Gasteiger partial charge in [0, 0.05) is 43.1 Å². The second-order valence-corrected chi connectivity index (χ2v) is 13.1. The number of carbonyl (C=O) groups excluding carboxylic acids is 1. The Kier molecular flexibility index (Phi) is 7.48. The van der Waals surface area contributed by atoms with Crippen molar-refractivity contribution in [1.29, 1.82) is 5.26 Å². The number of halogens is 3. The Hall–Kier alpha value is -4.48. The Morgan fingerprint density at radius 3 is 2.93 bits per heavy atom. The quantitative estimate of drug-likeness (QED) is 0.270. The van der Waals surface area contributed by atoms with Crippen LogP contribution in [0.5, 0.6) is 11.9 Å². The van der Waals surface area contributed by atoms with Gasteiger partial charge in [0.15, 0.2) is 5.82 Å². The number of rotatable bonds is 7. The lowest BCUT2D eigenvalue weighted by atomic mass is 9.95. The van der Waals surface area contributed by atoms with Gasteiger partial charge in [-0.2, -0.15) is 15.2 Å². The maximum absolute atomic E-state index is 16.6. The van der Waals surface area contributed by atoms with Gasteiger partial charge in [-0.25, -0.2) is 13.2 Å². The van der Waals surface area contributed by atoms with Crippen molar-refractivity contribution in [3.8, 4) is 29.2 Å². The molecule has 0 spiro atoms. The minimum atomic E-state index is -0.964. The smallest absolute Gasteiger partial charge is 0.320 e. The number of alkyl halides is 1. The fraction of sp³-hybridized carbons (Fsp3) is 0.406. The van der Waals surface area contributed by atoms with Crippen molar-refractivity contribution >= 4 is 43.2 Å². The second kappa shape index (κ2) is 11.4. The molecular weight excluding hydrogens is 619 g/mol. The maximum Gasteiger partial charge on any atom is 0.320 e. The molecule has 3 aliphatic rings. The van der Waals surface area contributed by atoms with E-state index < -0.39 is 29.4 Å². The zero-order valence-electron chi connectivity index (χ0n) is 24.9. The number of aromatic nitrogens is 3. The molecule has 4 aromatic rings. The van der Waals surface area contributed by atoms with E-state index in [2.05, 4.69) is 26.4 Å². The van der Waals surface area contributed by atoms with Crippen LogP contribution in [0.1, 0.15) is 38.2 Å². The Bertz CT molecular complexity index is 1950. The predicted octanol–water partition coefficient (Wildman–Crippen LogP) is 5.15. The number of carbonyl (C=O) groups is 1. The largest absolute Gasteiger partial charge is 0.471 e. The molecule has 0 aliphatic carbocycles. The molecule has 3 aromatic heterocycles. The lowest BCUT2D eigenvalue weighted by molar-refractivity contribution is -0.127. The zero-order valence-corrected chi connectivity index (χ0v) is 25.7. The van der Waals surface area contributed by atoms with Gasteiger partial charge >= 0.3 is 6.01 Å². The number of anilines is 1. The average Bonchev–Trinajstić information content (AvgIpc) is 3.78. The molecule has 10 nitrogen and oxygen atoms in total. The summed E-state index contributed by atoms with van der Waals surface area (Å²) in [5, 5.41) is 10.2. The molecule has 3 aliphatic heterocycles. The SMILES string of the molecule is C=CC(=O)N1CC[C@@H](Oc2nc(OCC34CCCN3C[C@H](F)C4)nc3c(F)c(-c4ccc(F)c5sc(N)c(C#N)c45)ncc23)[C@H]1C. The molecule has 46 heavy (non-hydrogen) atoms. The van der Waals surface area contributed by atoms with Gasteiger partial charge in [-0.15, -0.1) is 11.3 Å². The first kappa shape index (κ1) is 30.2. The van der Waals surface area contributed by atoms with Crippen LogP contribution in [0.15, 0.2) is 31.0 Å². The summed E-state index contributed by atoms with van der Waals surface area (Å²) in [6.45, 7) is 7.07. The summed E-state index contributed by atoms with van der Waals surface area (Å²) in [6, 6.07) is 4.03. The van der Waals surface area contributed by atoms with Gasteiger partial charge in [0.1, 0.15) is 47.0 Å². The molecule has 1 unspecified atom stereocenters. The standard InChI is InChI=1S/C32H30F3N7O3S/c1-3-23(43)42-10-7-22(16(42)2)45-30-20-13-38-26(18-5-6-21(34)28-24(18)19(12-36)29(37)46-28)25(35)27(20)39-31(40-30)44-15-32-8-4-9-41(32)14-17(33)11-32/h3,5-6,13,16-17,22H,1,4,7-11,14-15,37H2,2H3/t16-,17-,22-,32?/m1/s1. The van der Waals surface area contributed by atoms with Gasteiger partial charge in [-0.05, 0) is 44.5 Å². The number of ether oxygens (including phenoxy) is 2. The number of benzene rings is 1. The van der Waals surface area contributed by atoms with E-state index in [4.69, 9.17) is 15.2 Å². The summed E-state index contributed by atoms with van der Waals surface area (Å²) < 4.78 is 58.3. The van der Waals surface area contributed by atoms with Crippen LogP contribution in [0.4, 0.5) is 18.2 Å². The molecular formula is C32H30F3N7O3S. The Labute approximate surface area is 266 Å². The third kappa shape index (κ3) is 4.80. The lowest BCUT2D eigenvalue weighted by Crippen LogP contribution is -2.43. The number of nitrogens with zero attached hydrogens (tertiary/aromatic N) is 6. The van der Waals surface area contributed by atoms with Crippen molar-refractivity contribution < 1.29 is 27.4 Å². The molecule has 14 heteroatoms. The third-order valence-corrected chi connectivity index (χ3v) is 10.5. The molecule has 1 aromatic carbocycles. The monoisotopic (exact) mass is 649 g/mol. The predicted molar refractivity (Wildman–Crippen MR) is 166 cm³/mol. The first-order chi connectivity index (χ1) is 22.1. The van der Waals surface area contributed by atoms with E-state index in [1.165, 1.54) is 24.4 Å². The van der Waals surface area contributed by atoms with Crippen molar-refractivity contribution in [2.75, 3.05) is 32.0 Å². The molecule has 0 bridgehead atoms. The highest BCUT2D eigenvalue weighted by Crippen LogP contribution is 2.43. The number of pyridine rings is 1. The average molecular weight is 650 g/mol. The van der Waals surface area contributed by atoms with Gasteiger partial charge in [0.25, 0.3) is 0 Å². The van der Waals surface area contributed by atoms with Crippen molar-refractivity contribution in [1.82, 2.24) is 24.8 Å². The number of likely N-dealkylation sites (tertiary alicyclic amines) is 1. The molecule has 0 radical (unpaired) electrons. The van der Waals surface area contributed by atoms with Crippen molar-refractivity contribution in [3.63, 3.8) is 0 Å². The van der Waals surface area contributed by atoms with Crippen LogP contribution in [0, 0.1) is 23.0 Å². The molecule has 2 N–H and O–H groups in total. The Morgan fingerprint density at radius 2 is 2.15 bits per heavy atom. The number of nitrogen functional groups attached to an aromatic ring is 1. The number of thiophene rings is 1. The molecule has 0 saturated carbocycles. The zero-order chi connectivity index (χ0) is 32.3. The van der Waals surface area contributed by atoms with E-state index in [0.29, 0.717) is 25.9 Å². The Morgan fingerprint density at radius 1 is 1.33 bits per heavy atom. The number of fused-ring (bicyclic) bond motifs is 3. The van der Waals surface area contributed by atoms with Gasteiger partial charge in [0.2, 0.25) is 11.8 Å². The fourth-order valence-corrected chi connectivity index (χ4v) is 8.09. The number of amides is 1. The fourth-order valence-electron chi connectivity index (χ4n) is 7.14. The molecule has 238 valence electrons. The summed E-state index contributed by atoms with van der Waals surface area (Å²) in [7, 11) is 0. The minimum Gasteiger partial charge on any atom is -0.471 e. The van der Waals surface area contributed by atoms with Crippen LogP contribution in [-0.2, 0) is 4.79 Å². The third-order valence-electron chi connectivity index (χ3n) is 9.45. The van der Waals surface area contributed by atoms with E-state index in [9.17, 15) is 18.8 Å². The number of nitrogens with two attached hydrogens (primary N) is 1. The van der Waals surface area contributed by atoms with Crippen LogP contribution < -0.4 is 15.2 Å². The highest BCUT2D eigenvalue weighted by atomic mass is 32.1. The van der Waals surface area contributed by atoms with E-state index in [0.717, 1.165) is 30.7 Å². The lowest BCUT2D eigenvalue weighted by Gasteiger charge is -2.30. The first-order valence-electron chi connectivity index (χ1n) is 15.0. The molecule has 3 fully saturated rings. The van der Waals surface area contributed by atoms with E-state index >= 15 is 4.39 Å². The summed E-state index contributed by atoms with van der Waals surface area (Å²) in [6.07, 6.45) is 3.65. The van der Waals surface area contributed by atoms with Gasteiger partial charge in [-0.1, -0.05) is 6.58 Å². The highest BCUT2D eigenvalue weighted by molar-refractivity contribution is 7.23. The molecule has 6 heterocycles. The molecule has 4 atom stereocenters. The topological polar surface area (TPSA) is 130 Å². The molecule has 7 rings (SSSR count). The van der Waals surface area contributed by atoms with Crippen LogP contribution in [-0.4, -0.2) is 80.8 Å². The van der Waals surface area contributed by atoms with E-state index in [1.54, 1.807) is 4.90 Å². The number of nitriles is 1. The maximum atomic E-state index is 16.6. The van der Waals surface area contributed by atoms with Gasteiger partial charge in [0.05, 0.1) is 27.2 Å². The number of hydrogen-bond donors (Lipinski definition) is 1. The summed E-state index contributed by atoms with van der Waals surface area (Å²) >= 11 is 0.900. The second-order valence-electron chi connectivity index (χ2n) is 12.0. The Balaban J connectivity index is 1.33. The molecule has 1 amide bonds. The minimum absolute atomic E-state index is 0.0139. The van der Waals surface area contributed by atoms with E-state index in [1.807, 2.05) is 13.0 Å².